The first kappa shape index (κ1) is 13.2. The minimum atomic E-state index is 0.222. The molecule has 2 nitrogen and oxygen atoms in total. The lowest BCUT2D eigenvalue weighted by molar-refractivity contribution is 0.422. The van der Waals surface area contributed by atoms with Gasteiger partial charge in [-0.1, -0.05) is 13.0 Å². The minimum absolute atomic E-state index is 0.222. The molecule has 1 aromatic heterocycles. The second kappa shape index (κ2) is 6.00. The van der Waals surface area contributed by atoms with E-state index in [9.17, 15) is 0 Å². The summed E-state index contributed by atoms with van der Waals surface area (Å²) in [6.45, 7) is 9.80. The van der Waals surface area contributed by atoms with Crippen LogP contribution in [0.5, 0.6) is 0 Å². The van der Waals surface area contributed by atoms with Crippen LogP contribution in [0.1, 0.15) is 45.4 Å². The van der Waals surface area contributed by atoms with Crippen molar-refractivity contribution in [2.24, 2.45) is 0 Å². The lowest BCUT2D eigenvalue weighted by Gasteiger charge is -2.20. The third-order valence-corrected chi connectivity index (χ3v) is 2.56. The predicted molar refractivity (Wildman–Crippen MR) is 69.7 cm³/mol. The van der Waals surface area contributed by atoms with E-state index in [1.807, 2.05) is 6.20 Å². The molecule has 1 rings (SSSR count). The number of pyridine rings is 1. The average molecular weight is 220 g/mol. The molecule has 0 aliphatic heterocycles. The van der Waals surface area contributed by atoms with E-state index >= 15 is 0 Å². The normalized spacial score (nSPS) is 11.8. The van der Waals surface area contributed by atoms with Crippen molar-refractivity contribution >= 4 is 0 Å². The summed E-state index contributed by atoms with van der Waals surface area (Å²) in [5, 5.41) is 3.49. The van der Waals surface area contributed by atoms with Crippen LogP contribution in [-0.2, 0) is 12.8 Å². The predicted octanol–water partition coefficient (Wildman–Crippen LogP) is 2.96. The zero-order chi connectivity index (χ0) is 12.0. The number of nitrogens with zero attached hydrogens (tertiary/aromatic N) is 1. The van der Waals surface area contributed by atoms with E-state index in [0.717, 1.165) is 25.8 Å². The highest BCUT2D eigenvalue weighted by Crippen LogP contribution is 2.04. The van der Waals surface area contributed by atoms with Gasteiger partial charge in [0, 0.05) is 17.4 Å². The summed E-state index contributed by atoms with van der Waals surface area (Å²) in [7, 11) is 0. The van der Waals surface area contributed by atoms with E-state index in [1.54, 1.807) is 0 Å². The highest BCUT2D eigenvalue weighted by molar-refractivity contribution is 5.13. The molecule has 0 aliphatic carbocycles. The molecule has 1 N–H and O–H groups in total. The largest absolute Gasteiger partial charge is 0.312 e. The molecule has 1 heterocycles. The molecule has 0 aromatic carbocycles. The lowest BCUT2D eigenvalue weighted by atomic mass is 10.1. The molecule has 0 saturated heterocycles. The van der Waals surface area contributed by atoms with E-state index < -0.39 is 0 Å². The smallest absolute Gasteiger partial charge is 0.0404 e. The Morgan fingerprint density at radius 2 is 2.00 bits per heavy atom. The average Bonchev–Trinajstić information content (AvgIpc) is 2.24. The zero-order valence-electron chi connectivity index (χ0n) is 11.0. The lowest BCUT2D eigenvalue weighted by Crippen LogP contribution is -2.36. The minimum Gasteiger partial charge on any atom is -0.312 e. The van der Waals surface area contributed by atoms with Crippen LogP contribution in [0.2, 0.25) is 0 Å². The van der Waals surface area contributed by atoms with Gasteiger partial charge in [0.05, 0.1) is 0 Å². The maximum absolute atomic E-state index is 4.46. The number of hydrogen-bond acceptors (Lipinski definition) is 2. The van der Waals surface area contributed by atoms with Gasteiger partial charge in [-0.3, -0.25) is 4.98 Å². The van der Waals surface area contributed by atoms with Crippen molar-refractivity contribution in [2.45, 2.75) is 52.5 Å². The second-order valence-electron chi connectivity index (χ2n) is 5.29. The molecule has 16 heavy (non-hydrogen) atoms. The molecule has 0 fully saturated rings. The van der Waals surface area contributed by atoms with Crippen molar-refractivity contribution < 1.29 is 0 Å². The van der Waals surface area contributed by atoms with E-state index in [-0.39, 0.29) is 5.54 Å². The molecule has 0 atom stereocenters. The van der Waals surface area contributed by atoms with Crippen LogP contribution in [0.15, 0.2) is 18.3 Å². The Kier molecular flexibility index (Phi) is 4.94. The summed E-state index contributed by atoms with van der Waals surface area (Å²) in [6.07, 6.45) is 5.27. The summed E-state index contributed by atoms with van der Waals surface area (Å²) < 4.78 is 0. The van der Waals surface area contributed by atoms with Gasteiger partial charge in [-0.05, 0) is 58.2 Å². The van der Waals surface area contributed by atoms with Crippen molar-refractivity contribution in [3.63, 3.8) is 0 Å². The van der Waals surface area contributed by atoms with Crippen LogP contribution >= 0.6 is 0 Å². The van der Waals surface area contributed by atoms with Gasteiger partial charge in [0.1, 0.15) is 0 Å². The third kappa shape index (κ3) is 5.26. The zero-order valence-corrected chi connectivity index (χ0v) is 11.0. The molecule has 1 aromatic rings. The second-order valence-corrected chi connectivity index (χ2v) is 5.29. The molecule has 0 bridgehead atoms. The van der Waals surface area contributed by atoms with Gasteiger partial charge in [0.2, 0.25) is 0 Å². The van der Waals surface area contributed by atoms with Crippen LogP contribution in [0, 0.1) is 0 Å². The van der Waals surface area contributed by atoms with E-state index in [1.165, 1.54) is 11.3 Å². The molecule has 0 saturated carbocycles. The molecule has 0 spiro atoms. The molecular weight excluding hydrogens is 196 g/mol. The first-order valence-corrected chi connectivity index (χ1v) is 6.20. The van der Waals surface area contributed by atoms with Crippen molar-refractivity contribution in [1.29, 1.82) is 0 Å². The molecule has 2 heteroatoms. The highest BCUT2D eigenvalue weighted by Gasteiger charge is 2.07. The summed E-state index contributed by atoms with van der Waals surface area (Å²) >= 11 is 0. The number of hydrogen-bond donors (Lipinski definition) is 1. The Labute approximate surface area is 99.5 Å². The van der Waals surface area contributed by atoms with Gasteiger partial charge in [0.15, 0.2) is 0 Å². The number of aromatic nitrogens is 1. The van der Waals surface area contributed by atoms with Gasteiger partial charge < -0.3 is 5.32 Å². The first-order chi connectivity index (χ1) is 7.51. The van der Waals surface area contributed by atoms with E-state index in [0.29, 0.717) is 0 Å². The standard InChI is InChI=1S/C14H24N2/c1-5-12-8-9-13(15-11-12)7-6-10-16-14(2,3)4/h8-9,11,16H,5-7,10H2,1-4H3. The van der Waals surface area contributed by atoms with Gasteiger partial charge >= 0.3 is 0 Å². The molecule has 90 valence electrons. The van der Waals surface area contributed by atoms with Gasteiger partial charge in [-0.2, -0.15) is 0 Å². The van der Waals surface area contributed by atoms with Crippen molar-refractivity contribution in [2.75, 3.05) is 6.54 Å². The van der Waals surface area contributed by atoms with Crippen molar-refractivity contribution in [1.82, 2.24) is 10.3 Å². The fourth-order valence-corrected chi connectivity index (χ4v) is 1.55. The number of rotatable bonds is 5. The van der Waals surface area contributed by atoms with E-state index in [4.69, 9.17) is 0 Å². The SMILES string of the molecule is CCc1ccc(CCCNC(C)(C)C)nc1. The number of aryl methyl sites for hydroxylation is 2. The summed E-state index contributed by atoms with van der Waals surface area (Å²) in [6, 6.07) is 4.33. The van der Waals surface area contributed by atoms with Crippen molar-refractivity contribution in [3.05, 3.63) is 29.6 Å². The highest BCUT2D eigenvalue weighted by atomic mass is 14.9. The van der Waals surface area contributed by atoms with Crippen LogP contribution in [0.25, 0.3) is 0 Å². The fraction of sp³-hybridized carbons (Fsp3) is 0.643. The molecule has 0 aliphatic rings. The molecule has 0 amide bonds. The summed E-state index contributed by atoms with van der Waals surface area (Å²) in [4.78, 5) is 4.46. The quantitative estimate of drug-likeness (QED) is 0.772. The maximum Gasteiger partial charge on any atom is 0.0404 e. The van der Waals surface area contributed by atoms with Crippen LogP contribution in [0.4, 0.5) is 0 Å². The monoisotopic (exact) mass is 220 g/mol. The Bertz CT molecular complexity index is 296. The molecule has 0 radical (unpaired) electrons. The van der Waals surface area contributed by atoms with Crippen LogP contribution in [0.3, 0.4) is 0 Å². The first-order valence-electron chi connectivity index (χ1n) is 6.20. The number of nitrogens with one attached hydrogen (secondary N) is 1. The maximum atomic E-state index is 4.46. The molecule has 0 unspecified atom stereocenters. The molecular formula is C14H24N2. The van der Waals surface area contributed by atoms with Crippen LogP contribution < -0.4 is 5.32 Å². The Morgan fingerprint density at radius 3 is 2.50 bits per heavy atom. The Morgan fingerprint density at radius 1 is 1.25 bits per heavy atom. The van der Waals surface area contributed by atoms with Gasteiger partial charge in [0.25, 0.3) is 0 Å². The fourth-order valence-electron chi connectivity index (χ4n) is 1.55. The topological polar surface area (TPSA) is 24.9 Å². The Balaban J connectivity index is 2.27. The van der Waals surface area contributed by atoms with E-state index in [2.05, 4.69) is 50.1 Å². The summed E-state index contributed by atoms with van der Waals surface area (Å²) in [5.74, 6) is 0. The van der Waals surface area contributed by atoms with Gasteiger partial charge in [-0.15, -0.1) is 0 Å². The van der Waals surface area contributed by atoms with Crippen LogP contribution in [-0.4, -0.2) is 17.1 Å². The third-order valence-electron chi connectivity index (χ3n) is 2.56. The summed E-state index contributed by atoms with van der Waals surface area (Å²) in [5.41, 5.74) is 2.74. The Hall–Kier alpha value is -0.890. The van der Waals surface area contributed by atoms with Crippen molar-refractivity contribution in [3.8, 4) is 0 Å². The van der Waals surface area contributed by atoms with Gasteiger partial charge in [-0.25, -0.2) is 0 Å².